The van der Waals surface area contributed by atoms with Gasteiger partial charge in [-0.1, -0.05) is 6.92 Å². The molecule has 3 aromatic heterocycles. The third-order valence-electron chi connectivity index (χ3n) is 7.48. The summed E-state index contributed by atoms with van der Waals surface area (Å²) in [5.74, 6) is -0.0962. The third-order valence-corrected chi connectivity index (χ3v) is 7.48. The first-order valence-electron chi connectivity index (χ1n) is 13.0. The molecule has 1 aromatic carbocycles. The number of hydrogen-bond acceptors (Lipinski definition) is 6. The normalized spacial score (nSPS) is 21.7. The van der Waals surface area contributed by atoms with Crippen molar-refractivity contribution in [2.75, 3.05) is 13.7 Å². The Kier molecular flexibility index (Phi) is 7.78. The van der Waals surface area contributed by atoms with Crippen LogP contribution in [0.5, 0.6) is 0 Å². The number of imidazole rings is 1. The molecule has 2 N–H and O–H groups in total. The maximum Gasteiger partial charge on any atom is 0.135 e. The third kappa shape index (κ3) is 5.18. The molecule has 3 heterocycles. The Balaban J connectivity index is 1.46. The van der Waals surface area contributed by atoms with Crippen LogP contribution in [0.4, 0.5) is 8.78 Å². The summed E-state index contributed by atoms with van der Waals surface area (Å²) in [5.41, 5.74) is 9.87. The Morgan fingerprint density at radius 3 is 2.61 bits per heavy atom. The largest absolute Gasteiger partial charge is 0.380 e. The van der Waals surface area contributed by atoms with Gasteiger partial charge in [-0.25, -0.2) is 18.3 Å². The first-order valence-corrected chi connectivity index (χ1v) is 13.0. The summed E-state index contributed by atoms with van der Waals surface area (Å²) >= 11 is 0. The van der Waals surface area contributed by atoms with Gasteiger partial charge in [-0.15, -0.1) is 0 Å². The number of halogens is 2. The van der Waals surface area contributed by atoms with E-state index in [4.69, 9.17) is 15.2 Å². The molecule has 9 heteroatoms. The van der Waals surface area contributed by atoms with Crippen molar-refractivity contribution in [2.24, 2.45) is 11.7 Å². The minimum absolute atomic E-state index is 0.0454. The maximum absolute atomic E-state index is 15.0. The molecule has 0 spiro atoms. The lowest BCUT2D eigenvalue weighted by Gasteiger charge is -2.38. The lowest BCUT2D eigenvalue weighted by Crippen LogP contribution is -2.45. The SMILES string of the molecule is CCOCc1cc(F)c(-c2ccc3cnc(Cc4cnccc4C4C[C@@H](N)[C@H](OC)[C@@H](C)C4)n3n2)c(F)c1. The van der Waals surface area contributed by atoms with Crippen LogP contribution in [0.2, 0.25) is 0 Å². The summed E-state index contributed by atoms with van der Waals surface area (Å²) in [6.45, 7) is 4.62. The molecule has 4 atom stereocenters. The Hall–Kier alpha value is -3.27. The summed E-state index contributed by atoms with van der Waals surface area (Å²) in [7, 11) is 1.72. The highest BCUT2D eigenvalue weighted by Crippen LogP contribution is 2.38. The van der Waals surface area contributed by atoms with E-state index in [-0.39, 0.29) is 35.9 Å². The highest BCUT2D eigenvalue weighted by Gasteiger charge is 2.35. The second kappa shape index (κ2) is 11.2. The molecule has 0 amide bonds. The van der Waals surface area contributed by atoms with Crippen molar-refractivity contribution in [3.63, 3.8) is 0 Å². The van der Waals surface area contributed by atoms with E-state index in [1.807, 2.05) is 13.1 Å². The van der Waals surface area contributed by atoms with E-state index in [1.165, 1.54) is 17.7 Å². The van der Waals surface area contributed by atoms with E-state index in [1.54, 1.807) is 36.2 Å². The highest BCUT2D eigenvalue weighted by molar-refractivity contribution is 5.63. The van der Waals surface area contributed by atoms with Crippen molar-refractivity contribution in [3.05, 3.63) is 83.1 Å². The average molecular weight is 522 g/mol. The summed E-state index contributed by atoms with van der Waals surface area (Å²) in [6.07, 6.45) is 7.67. The summed E-state index contributed by atoms with van der Waals surface area (Å²) in [6, 6.07) is 7.97. The number of benzene rings is 1. The fraction of sp³-hybridized carbons (Fsp3) is 0.414. The number of nitrogens with zero attached hydrogens (tertiary/aromatic N) is 4. The monoisotopic (exact) mass is 521 g/mol. The Morgan fingerprint density at radius 2 is 1.89 bits per heavy atom. The molecule has 0 saturated heterocycles. The molecule has 1 fully saturated rings. The number of methoxy groups -OCH3 is 1. The van der Waals surface area contributed by atoms with E-state index in [0.29, 0.717) is 30.3 Å². The molecule has 38 heavy (non-hydrogen) atoms. The number of ether oxygens (including phenoxy) is 2. The van der Waals surface area contributed by atoms with Crippen molar-refractivity contribution < 1.29 is 18.3 Å². The summed E-state index contributed by atoms with van der Waals surface area (Å²) < 4.78 is 42.5. The van der Waals surface area contributed by atoms with Gasteiger partial charge in [0.25, 0.3) is 0 Å². The topological polar surface area (TPSA) is 87.6 Å². The van der Waals surface area contributed by atoms with E-state index < -0.39 is 11.6 Å². The molecule has 200 valence electrons. The van der Waals surface area contributed by atoms with E-state index >= 15 is 0 Å². The van der Waals surface area contributed by atoms with Crippen molar-refractivity contribution in [1.29, 1.82) is 0 Å². The first-order chi connectivity index (χ1) is 18.4. The standard InChI is InChI=1S/C29H33F2N5O2/c1-4-38-16-18-10-23(30)28(24(31)11-18)26-6-5-21-15-34-27(36(21)35-26)13-20-14-33-8-7-22(20)19-9-17(2)29(37-3)25(32)12-19/h5-8,10-11,14-15,17,19,25,29H,4,9,12-13,16,32H2,1-3H3/t17-,19?,25+,29+/m0/s1. The van der Waals surface area contributed by atoms with Gasteiger partial charge in [0.05, 0.1) is 35.7 Å². The number of pyridine rings is 1. The molecule has 1 aliphatic carbocycles. The smallest absolute Gasteiger partial charge is 0.135 e. The van der Waals surface area contributed by atoms with Crippen molar-refractivity contribution in [1.82, 2.24) is 19.6 Å². The van der Waals surface area contributed by atoms with Crippen LogP contribution in [-0.2, 0) is 22.5 Å². The van der Waals surface area contributed by atoms with Crippen molar-refractivity contribution in [3.8, 4) is 11.3 Å². The molecule has 1 saturated carbocycles. The van der Waals surface area contributed by atoms with Crippen LogP contribution in [-0.4, -0.2) is 45.4 Å². The van der Waals surface area contributed by atoms with Crippen LogP contribution in [0.1, 0.15) is 55.1 Å². The first kappa shape index (κ1) is 26.3. The van der Waals surface area contributed by atoms with Crippen LogP contribution in [0.25, 0.3) is 16.8 Å². The van der Waals surface area contributed by atoms with Gasteiger partial charge in [-0.3, -0.25) is 4.98 Å². The van der Waals surface area contributed by atoms with Crippen LogP contribution in [0.15, 0.2) is 48.9 Å². The molecule has 5 rings (SSSR count). The van der Waals surface area contributed by atoms with E-state index in [9.17, 15) is 8.78 Å². The van der Waals surface area contributed by atoms with Gasteiger partial charge in [-0.05, 0) is 78.6 Å². The molecule has 1 aliphatic rings. The fourth-order valence-electron chi connectivity index (χ4n) is 5.74. The quantitative estimate of drug-likeness (QED) is 0.349. The van der Waals surface area contributed by atoms with Gasteiger partial charge in [0.15, 0.2) is 0 Å². The van der Waals surface area contributed by atoms with E-state index in [2.05, 4.69) is 28.1 Å². The van der Waals surface area contributed by atoms with Crippen LogP contribution >= 0.6 is 0 Å². The number of fused-ring (bicyclic) bond motifs is 1. The number of rotatable bonds is 8. The number of nitrogens with two attached hydrogens (primary N) is 1. The molecule has 7 nitrogen and oxygen atoms in total. The lowest BCUT2D eigenvalue weighted by molar-refractivity contribution is 0.00970. The van der Waals surface area contributed by atoms with Crippen molar-refractivity contribution >= 4 is 5.52 Å². The zero-order valence-electron chi connectivity index (χ0n) is 21.9. The van der Waals surface area contributed by atoms with Gasteiger partial charge < -0.3 is 15.2 Å². The second-order valence-corrected chi connectivity index (χ2v) is 10.1. The minimum atomic E-state index is -0.681. The number of aromatic nitrogens is 4. The predicted octanol–water partition coefficient (Wildman–Crippen LogP) is 5.05. The predicted molar refractivity (Wildman–Crippen MR) is 141 cm³/mol. The van der Waals surface area contributed by atoms with Crippen LogP contribution in [0, 0.1) is 17.6 Å². The molecule has 0 aliphatic heterocycles. The van der Waals surface area contributed by atoms with E-state index in [0.717, 1.165) is 23.9 Å². The van der Waals surface area contributed by atoms with Crippen molar-refractivity contribution in [2.45, 2.75) is 57.8 Å². The highest BCUT2D eigenvalue weighted by atomic mass is 19.1. The van der Waals surface area contributed by atoms with Crippen LogP contribution < -0.4 is 5.73 Å². The summed E-state index contributed by atoms with van der Waals surface area (Å²) in [5, 5.41) is 4.59. The van der Waals surface area contributed by atoms with Crippen LogP contribution in [0.3, 0.4) is 0 Å². The van der Waals surface area contributed by atoms with Gasteiger partial charge in [0.2, 0.25) is 0 Å². The zero-order valence-corrected chi connectivity index (χ0v) is 21.9. The Bertz CT molecular complexity index is 1390. The van der Waals surface area contributed by atoms with Gasteiger partial charge >= 0.3 is 0 Å². The minimum Gasteiger partial charge on any atom is -0.380 e. The molecule has 0 bridgehead atoms. The molecular weight excluding hydrogens is 488 g/mol. The Morgan fingerprint density at radius 1 is 1.11 bits per heavy atom. The number of hydrogen-bond donors (Lipinski definition) is 1. The second-order valence-electron chi connectivity index (χ2n) is 10.1. The molecule has 4 aromatic rings. The van der Waals surface area contributed by atoms with Gasteiger partial charge in [0.1, 0.15) is 17.5 Å². The molecule has 1 unspecified atom stereocenters. The molecular formula is C29H33F2N5O2. The maximum atomic E-state index is 15.0. The van der Waals surface area contributed by atoms with Gasteiger partial charge in [-0.2, -0.15) is 5.10 Å². The zero-order chi connectivity index (χ0) is 26.8. The average Bonchev–Trinajstić information content (AvgIpc) is 3.29. The van der Waals surface area contributed by atoms with Gasteiger partial charge in [0, 0.05) is 38.6 Å². The fourth-order valence-corrected chi connectivity index (χ4v) is 5.74. The Labute approximate surface area is 221 Å². The lowest BCUT2D eigenvalue weighted by atomic mass is 9.74. The molecule has 0 radical (unpaired) electrons. The summed E-state index contributed by atoms with van der Waals surface area (Å²) in [4.78, 5) is 8.95.